The van der Waals surface area contributed by atoms with Gasteiger partial charge in [-0.3, -0.25) is 0 Å². The maximum Gasteiger partial charge on any atom is 0.341 e. The Hall–Kier alpha value is -1.59. The van der Waals surface area contributed by atoms with Gasteiger partial charge in [-0.25, -0.2) is 4.79 Å². The van der Waals surface area contributed by atoms with Crippen molar-refractivity contribution in [3.63, 3.8) is 0 Å². The highest BCUT2D eigenvalue weighted by atomic mass is 16.5. The van der Waals surface area contributed by atoms with Gasteiger partial charge in [0.15, 0.2) is 6.61 Å². The molecule has 3 N–H and O–H groups in total. The van der Waals surface area contributed by atoms with E-state index in [-0.39, 0.29) is 12.7 Å². The summed E-state index contributed by atoms with van der Waals surface area (Å²) in [7, 11) is 0. The van der Waals surface area contributed by atoms with Crippen LogP contribution in [0.1, 0.15) is 12.5 Å². The fourth-order valence-electron chi connectivity index (χ4n) is 1.27. The van der Waals surface area contributed by atoms with Gasteiger partial charge in [0.05, 0.1) is 6.10 Å². The van der Waals surface area contributed by atoms with Gasteiger partial charge in [-0.05, 0) is 24.6 Å². The minimum absolute atomic E-state index is 0.334. The molecule has 1 aromatic rings. The zero-order valence-electron chi connectivity index (χ0n) is 9.72. The molecular formula is C12H17NO4. The zero-order chi connectivity index (χ0) is 12.7. The molecule has 0 radical (unpaired) electrons. The lowest BCUT2D eigenvalue weighted by Gasteiger charge is -2.08. The van der Waals surface area contributed by atoms with Crippen LogP contribution in [-0.4, -0.2) is 35.4 Å². The monoisotopic (exact) mass is 239 g/mol. The third kappa shape index (κ3) is 5.89. The van der Waals surface area contributed by atoms with Crippen molar-refractivity contribution in [2.24, 2.45) is 0 Å². The Balaban J connectivity index is 2.36. The number of carboxylic acids is 1. The maximum absolute atomic E-state index is 10.3. The first kappa shape index (κ1) is 13.5. The summed E-state index contributed by atoms with van der Waals surface area (Å²) in [5.74, 6) is -0.459. The Morgan fingerprint density at radius 1 is 1.41 bits per heavy atom. The molecule has 0 aliphatic heterocycles. The predicted molar refractivity (Wildman–Crippen MR) is 63.0 cm³/mol. The standard InChI is InChI=1S/C12H17NO4/c1-9(14)6-13-7-10-2-4-11(5-3-10)17-8-12(15)16/h2-5,9,13-14H,6-8H2,1H3,(H,15,16). The average Bonchev–Trinajstić information content (AvgIpc) is 2.27. The van der Waals surface area contributed by atoms with Crippen LogP contribution in [0.2, 0.25) is 0 Å². The highest BCUT2D eigenvalue weighted by Crippen LogP contribution is 2.11. The number of hydrogen-bond donors (Lipinski definition) is 3. The van der Waals surface area contributed by atoms with E-state index in [0.29, 0.717) is 18.8 Å². The number of ether oxygens (including phenoxy) is 1. The number of rotatable bonds is 7. The lowest BCUT2D eigenvalue weighted by atomic mass is 10.2. The SMILES string of the molecule is CC(O)CNCc1ccc(OCC(=O)O)cc1. The van der Waals surface area contributed by atoms with Gasteiger partial charge >= 0.3 is 5.97 Å². The number of aliphatic hydroxyl groups excluding tert-OH is 1. The first-order valence-corrected chi connectivity index (χ1v) is 5.40. The molecule has 5 nitrogen and oxygen atoms in total. The summed E-state index contributed by atoms with van der Waals surface area (Å²) in [4.78, 5) is 10.3. The summed E-state index contributed by atoms with van der Waals surface area (Å²) >= 11 is 0. The Bertz CT molecular complexity index is 348. The van der Waals surface area contributed by atoms with E-state index in [1.807, 2.05) is 12.1 Å². The molecule has 0 amide bonds. The van der Waals surface area contributed by atoms with Crippen molar-refractivity contribution in [2.75, 3.05) is 13.2 Å². The third-order valence-corrected chi connectivity index (χ3v) is 2.05. The van der Waals surface area contributed by atoms with Crippen LogP contribution in [0.4, 0.5) is 0 Å². The smallest absolute Gasteiger partial charge is 0.341 e. The van der Waals surface area contributed by atoms with E-state index in [2.05, 4.69) is 5.32 Å². The number of carbonyl (C=O) groups is 1. The van der Waals surface area contributed by atoms with E-state index in [1.54, 1.807) is 19.1 Å². The summed E-state index contributed by atoms with van der Waals surface area (Å²) in [6.45, 7) is 2.58. The maximum atomic E-state index is 10.3. The average molecular weight is 239 g/mol. The van der Waals surface area contributed by atoms with E-state index in [9.17, 15) is 4.79 Å². The number of hydrogen-bond acceptors (Lipinski definition) is 4. The Morgan fingerprint density at radius 2 is 2.06 bits per heavy atom. The molecule has 0 bridgehead atoms. The van der Waals surface area contributed by atoms with Crippen molar-refractivity contribution in [2.45, 2.75) is 19.6 Å². The summed E-state index contributed by atoms with van der Waals surface area (Å²) in [5, 5.41) is 20.6. The zero-order valence-corrected chi connectivity index (χ0v) is 9.72. The van der Waals surface area contributed by atoms with Crippen molar-refractivity contribution in [3.05, 3.63) is 29.8 Å². The van der Waals surface area contributed by atoms with Crippen molar-refractivity contribution >= 4 is 5.97 Å². The van der Waals surface area contributed by atoms with E-state index in [4.69, 9.17) is 14.9 Å². The van der Waals surface area contributed by atoms with Crippen LogP contribution in [0.25, 0.3) is 0 Å². The van der Waals surface area contributed by atoms with E-state index >= 15 is 0 Å². The van der Waals surface area contributed by atoms with Crippen LogP contribution in [-0.2, 0) is 11.3 Å². The molecule has 0 aliphatic carbocycles. The van der Waals surface area contributed by atoms with Gasteiger partial charge in [-0.15, -0.1) is 0 Å². The molecule has 0 spiro atoms. The third-order valence-electron chi connectivity index (χ3n) is 2.05. The second-order valence-electron chi connectivity index (χ2n) is 3.81. The highest BCUT2D eigenvalue weighted by Gasteiger charge is 2.00. The van der Waals surface area contributed by atoms with Gasteiger partial charge in [-0.1, -0.05) is 12.1 Å². The van der Waals surface area contributed by atoms with Gasteiger partial charge in [0.1, 0.15) is 5.75 Å². The molecule has 0 saturated carbocycles. The first-order chi connectivity index (χ1) is 8.08. The molecular weight excluding hydrogens is 222 g/mol. The lowest BCUT2D eigenvalue weighted by molar-refractivity contribution is -0.139. The van der Waals surface area contributed by atoms with Crippen molar-refractivity contribution in [1.82, 2.24) is 5.32 Å². The van der Waals surface area contributed by atoms with E-state index < -0.39 is 5.97 Å². The molecule has 0 aliphatic rings. The second kappa shape index (κ2) is 6.88. The van der Waals surface area contributed by atoms with Crippen LogP contribution < -0.4 is 10.1 Å². The first-order valence-electron chi connectivity index (χ1n) is 5.40. The summed E-state index contributed by atoms with van der Waals surface area (Å²) in [5.41, 5.74) is 1.05. The molecule has 1 unspecified atom stereocenters. The Kier molecular flexibility index (Phi) is 5.45. The Morgan fingerprint density at radius 3 is 2.59 bits per heavy atom. The number of benzene rings is 1. The molecule has 1 rings (SSSR count). The van der Waals surface area contributed by atoms with Crippen molar-refractivity contribution in [1.29, 1.82) is 0 Å². The van der Waals surface area contributed by atoms with E-state index in [0.717, 1.165) is 5.56 Å². The van der Waals surface area contributed by atoms with E-state index in [1.165, 1.54) is 0 Å². The molecule has 0 heterocycles. The summed E-state index contributed by atoms with van der Waals surface area (Å²) in [6.07, 6.45) is -0.367. The molecule has 94 valence electrons. The predicted octanol–water partition coefficient (Wildman–Crippen LogP) is 0.620. The van der Waals surface area contributed by atoms with Crippen molar-refractivity contribution in [3.8, 4) is 5.75 Å². The van der Waals surface area contributed by atoms with Crippen LogP contribution in [0, 0.1) is 0 Å². The summed E-state index contributed by atoms with van der Waals surface area (Å²) in [6, 6.07) is 7.16. The van der Waals surface area contributed by atoms with Crippen molar-refractivity contribution < 1.29 is 19.7 Å². The molecule has 1 atom stereocenters. The molecule has 1 aromatic carbocycles. The normalized spacial score (nSPS) is 12.1. The quantitative estimate of drug-likeness (QED) is 0.650. The number of aliphatic carboxylic acids is 1. The number of aliphatic hydroxyl groups is 1. The minimum atomic E-state index is -0.993. The minimum Gasteiger partial charge on any atom is -0.482 e. The molecule has 17 heavy (non-hydrogen) atoms. The molecule has 5 heteroatoms. The topological polar surface area (TPSA) is 78.8 Å². The van der Waals surface area contributed by atoms with Gasteiger partial charge in [0, 0.05) is 13.1 Å². The highest BCUT2D eigenvalue weighted by molar-refractivity contribution is 5.68. The van der Waals surface area contributed by atoms with Gasteiger partial charge < -0.3 is 20.3 Å². The van der Waals surface area contributed by atoms with Crippen LogP contribution >= 0.6 is 0 Å². The van der Waals surface area contributed by atoms with Gasteiger partial charge in [-0.2, -0.15) is 0 Å². The van der Waals surface area contributed by atoms with Gasteiger partial charge in [0.25, 0.3) is 0 Å². The van der Waals surface area contributed by atoms with Gasteiger partial charge in [0.2, 0.25) is 0 Å². The lowest BCUT2D eigenvalue weighted by Crippen LogP contribution is -2.23. The van der Waals surface area contributed by atoms with Crippen LogP contribution in [0.5, 0.6) is 5.75 Å². The number of nitrogens with one attached hydrogen (secondary N) is 1. The molecule has 0 saturated heterocycles. The van der Waals surface area contributed by atoms with Crippen LogP contribution in [0.15, 0.2) is 24.3 Å². The molecule has 0 aromatic heterocycles. The Labute approximate surface area is 100 Å². The fraction of sp³-hybridized carbons (Fsp3) is 0.417. The largest absolute Gasteiger partial charge is 0.482 e. The van der Waals surface area contributed by atoms with Crippen LogP contribution in [0.3, 0.4) is 0 Å². The fourth-order valence-corrected chi connectivity index (χ4v) is 1.27. The second-order valence-corrected chi connectivity index (χ2v) is 3.81. The summed E-state index contributed by atoms with van der Waals surface area (Å²) < 4.78 is 5.01. The number of carboxylic acid groups (broad SMARTS) is 1. The molecule has 0 fully saturated rings.